The minimum atomic E-state index is -1.65. The lowest BCUT2D eigenvalue weighted by Crippen LogP contribution is -2.41. The molecule has 138 valence electrons. The molecule has 0 radical (unpaired) electrons. The second kappa shape index (κ2) is 10.8. The van der Waals surface area contributed by atoms with Gasteiger partial charge in [-0.05, 0) is 70.7 Å². The van der Waals surface area contributed by atoms with Crippen LogP contribution in [0.4, 0.5) is 0 Å². The molecule has 0 saturated heterocycles. The largest absolute Gasteiger partial charge is 0.413 e. The average molecular weight is 351 g/mol. The van der Waals surface area contributed by atoms with Gasteiger partial charge in [-0.15, -0.1) is 0 Å². The number of carbonyl (C=O) groups is 1. The second-order valence-electron chi connectivity index (χ2n) is 8.38. The van der Waals surface area contributed by atoms with Crippen molar-refractivity contribution in [3.05, 3.63) is 34.9 Å². The van der Waals surface area contributed by atoms with Gasteiger partial charge in [0.2, 0.25) is 0 Å². The van der Waals surface area contributed by atoms with Gasteiger partial charge in [0.15, 0.2) is 8.32 Å². The Labute approximate surface area is 151 Å². The first kappa shape index (κ1) is 23.1. The Hall–Kier alpha value is -0.933. The van der Waals surface area contributed by atoms with Crippen molar-refractivity contribution in [2.75, 3.05) is 6.61 Å². The van der Waals surface area contributed by atoms with Gasteiger partial charge in [-0.2, -0.15) is 0 Å². The third-order valence-electron chi connectivity index (χ3n) is 4.88. The summed E-state index contributed by atoms with van der Waals surface area (Å²) in [5.41, 5.74) is 3.90. The summed E-state index contributed by atoms with van der Waals surface area (Å²) in [4.78, 5) is 10.4. The number of hydrogen-bond acceptors (Lipinski definition) is 2. The molecule has 0 heterocycles. The topological polar surface area (TPSA) is 26.3 Å². The molecule has 24 heavy (non-hydrogen) atoms. The van der Waals surface area contributed by atoms with Crippen molar-refractivity contribution < 1.29 is 9.22 Å². The van der Waals surface area contributed by atoms with E-state index in [2.05, 4.69) is 59.9 Å². The molecule has 0 bridgehead atoms. The highest BCUT2D eigenvalue weighted by Gasteiger charge is 2.36. The van der Waals surface area contributed by atoms with E-state index in [1.54, 1.807) is 6.08 Å². The highest BCUT2D eigenvalue weighted by Crippen LogP contribution is 2.36. The van der Waals surface area contributed by atoms with E-state index in [1.807, 2.05) is 6.92 Å². The van der Waals surface area contributed by atoms with Crippen molar-refractivity contribution >= 4 is 14.6 Å². The SMILES string of the molecule is C/C(=C\C=O)CC/C=C(\C)CC/C=C(\C)CO[Si](C)(C)C(C)(C)C. The fourth-order valence-corrected chi connectivity index (χ4v) is 2.99. The smallest absolute Gasteiger partial charge is 0.192 e. The van der Waals surface area contributed by atoms with E-state index in [1.165, 1.54) is 11.1 Å². The summed E-state index contributed by atoms with van der Waals surface area (Å²) in [7, 11) is -1.65. The predicted molar refractivity (Wildman–Crippen MR) is 109 cm³/mol. The Balaban J connectivity index is 4.21. The molecule has 0 aliphatic heterocycles. The van der Waals surface area contributed by atoms with E-state index in [-0.39, 0.29) is 5.04 Å². The van der Waals surface area contributed by atoms with Crippen LogP contribution < -0.4 is 0 Å². The van der Waals surface area contributed by atoms with E-state index >= 15 is 0 Å². The molecule has 0 fully saturated rings. The number of aldehydes is 1. The van der Waals surface area contributed by atoms with Crippen LogP contribution >= 0.6 is 0 Å². The van der Waals surface area contributed by atoms with Gasteiger partial charge in [-0.3, -0.25) is 4.79 Å². The molecule has 0 aromatic carbocycles. The van der Waals surface area contributed by atoms with Crippen LogP contribution in [0.1, 0.15) is 67.2 Å². The lowest BCUT2D eigenvalue weighted by Gasteiger charge is -2.36. The van der Waals surface area contributed by atoms with E-state index in [4.69, 9.17) is 4.43 Å². The van der Waals surface area contributed by atoms with Crippen molar-refractivity contribution in [3.8, 4) is 0 Å². The highest BCUT2D eigenvalue weighted by molar-refractivity contribution is 6.74. The fraction of sp³-hybridized carbons (Fsp3) is 0.667. The van der Waals surface area contributed by atoms with Gasteiger partial charge in [-0.1, -0.05) is 49.6 Å². The molecule has 0 spiro atoms. The quantitative estimate of drug-likeness (QED) is 0.192. The Morgan fingerprint density at radius 3 is 1.92 bits per heavy atom. The molecule has 0 saturated carbocycles. The minimum Gasteiger partial charge on any atom is -0.413 e. The maximum absolute atomic E-state index is 10.4. The van der Waals surface area contributed by atoms with Gasteiger partial charge in [0, 0.05) is 0 Å². The van der Waals surface area contributed by atoms with Crippen molar-refractivity contribution in [3.63, 3.8) is 0 Å². The molecule has 0 aromatic heterocycles. The molecule has 0 unspecified atom stereocenters. The van der Waals surface area contributed by atoms with Gasteiger partial charge in [-0.25, -0.2) is 0 Å². The molecule has 0 aliphatic carbocycles. The summed E-state index contributed by atoms with van der Waals surface area (Å²) in [5, 5.41) is 0.267. The first-order valence-corrected chi connectivity index (χ1v) is 12.0. The van der Waals surface area contributed by atoms with Gasteiger partial charge in [0.05, 0.1) is 6.61 Å². The van der Waals surface area contributed by atoms with Crippen LogP contribution in [0.15, 0.2) is 34.9 Å². The second-order valence-corrected chi connectivity index (χ2v) is 13.2. The monoisotopic (exact) mass is 350 g/mol. The first-order chi connectivity index (χ1) is 11.0. The van der Waals surface area contributed by atoms with E-state index in [9.17, 15) is 4.79 Å². The average Bonchev–Trinajstić information content (AvgIpc) is 2.44. The van der Waals surface area contributed by atoms with Crippen LogP contribution in [0.25, 0.3) is 0 Å². The molecule has 0 amide bonds. The zero-order chi connectivity index (χ0) is 18.8. The van der Waals surface area contributed by atoms with Crippen molar-refractivity contribution in [1.82, 2.24) is 0 Å². The molecule has 3 heteroatoms. The number of allylic oxidation sites excluding steroid dienone is 5. The third-order valence-corrected chi connectivity index (χ3v) is 9.36. The molecule has 0 rings (SSSR count). The number of rotatable bonds is 10. The normalized spacial score (nSPS) is 14.9. The Bertz CT molecular complexity index is 477. The van der Waals surface area contributed by atoms with Crippen LogP contribution in [0.3, 0.4) is 0 Å². The molecular formula is C21H38O2Si. The van der Waals surface area contributed by atoms with Gasteiger partial charge in [0.1, 0.15) is 6.29 Å². The van der Waals surface area contributed by atoms with Gasteiger partial charge >= 0.3 is 0 Å². The zero-order valence-corrected chi connectivity index (χ0v) is 18.2. The molecule has 0 atom stereocenters. The maximum Gasteiger partial charge on any atom is 0.192 e. The molecule has 2 nitrogen and oxygen atoms in total. The number of carbonyl (C=O) groups excluding carboxylic acids is 1. The Morgan fingerprint density at radius 1 is 0.917 bits per heavy atom. The summed E-state index contributed by atoms with van der Waals surface area (Å²) in [6.45, 7) is 18.5. The van der Waals surface area contributed by atoms with Crippen molar-refractivity contribution in [2.24, 2.45) is 0 Å². The van der Waals surface area contributed by atoms with E-state index in [0.717, 1.165) is 44.1 Å². The van der Waals surface area contributed by atoms with E-state index < -0.39 is 8.32 Å². The number of hydrogen-bond donors (Lipinski definition) is 0. The Kier molecular flexibility index (Phi) is 10.4. The first-order valence-electron chi connectivity index (χ1n) is 9.06. The zero-order valence-electron chi connectivity index (χ0n) is 17.2. The van der Waals surface area contributed by atoms with Crippen LogP contribution in [0.5, 0.6) is 0 Å². The van der Waals surface area contributed by atoms with Crippen LogP contribution in [0, 0.1) is 0 Å². The Morgan fingerprint density at radius 2 is 1.42 bits per heavy atom. The third kappa shape index (κ3) is 10.0. The lowest BCUT2D eigenvalue weighted by atomic mass is 10.1. The maximum atomic E-state index is 10.4. The van der Waals surface area contributed by atoms with Crippen LogP contribution in [-0.2, 0) is 9.22 Å². The lowest BCUT2D eigenvalue weighted by molar-refractivity contribution is -0.104. The summed E-state index contributed by atoms with van der Waals surface area (Å²) in [5.74, 6) is 0. The summed E-state index contributed by atoms with van der Waals surface area (Å²) < 4.78 is 6.25. The standard InChI is InChI=1S/C21H38O2Si/c1-18(11-9-13-19(2)15-16-22)12-10-14-20(3)17-23-24(7,8)21(4,5)6/h11,14-16H,9-10,12-13,17H2,1-8H3/b18-11+,19-15+,20-14+. The molecule has 0 aliphatic rings. The van der Waals surface area contributed by atoms with Crippen LogP contribution in [0.2, 0.25) is 18.1 Å². The molecule has 0 N–H and O–H groups in total. The molecule has 0 aromatic rings. The highest BCUT2D eigenvalue weighted by atomic mass is 28.4. The fourth-order valence-electron chi connectivity index (χ4n) is 1.96. The van der Waals surface area contributed by atoms with E-state index in [0.29, 0.717) is 0 Å². The summed E-state index contributed by atoms with van der Waals surface area (Å²) >= 11 is 0. The minimum absolute atomic E-state index is 0.267. The van der Waals surface area contributed by atoms with Crippen molar-refractivity contribution in [1.29, 1.82) is 0 Å². The van der Waals surface area contributed by atoms with Gasteiger partial charge < -0.3 is 4.43 Å². The van der Waals surface area contributed by atoms with Crippen LogP contribution in [-0.4, -0.2) is 21.2 Å². The summed E-state index contributed by atoms with van der Waals surface area (Å²) in [6.07, 6.45) is 11.2. The van der Waals surface area contributed by atoms with Crippen molar-refractivity contribution in [2.45, 2.75) is 85.4 Å². The predicted octanol–water partition coefficient (Wildman–Crippen LogP) is 6.61. The summed E-state index contributed by atoms with van der Waals surface area (Å²) in [6, 6.07) is 0. The molecular weight excluding hydrogens is 312 g/mol. The van der Waals surface area contributed by atoms with Gasteiger partial charge in [0.25, 0.3) is 0 Å².